The van der Waals surface area contributed by atoms with E-state index in [-0.39, 0.29) is 0 Å². The van der Waals surface area contributed by atoms with Crippen LogP contribution in [0.5, 0.6) is 0 Å². The van der Waals surface area contributed by atoms with Crippen molar-refractivity contribution in [3.8, 4) is 5.69 Å². The molecular weight excluding hydrogens is 222 g/mol. The molecule has 0 aliphatic rings. The lowest BCUT2D eigenvalue weighted by molar-refractivity contribution is 0.871. The number of rotatable bonds is 3. The lowest BCUT2D eigenvalue weighted by Gasteiger charge is -2.05. The minimum absolute atomic E-state index is 0.639. The first-order chi connectivity index (χ1) is 7.70. The van der Waals surface area contributed by atoms with Crippen LogP contribution in [0.4, 0.5) is 0 Å². The molecule has 0 radical (unpaired) electrons. The predicted molar refractivity (Wildman–Crippen MR) is 66.1 cm³/mol. The summed E-state index contributed by atoms with van der Waals surface area (Å²) in [6.07, 6.45) is 4.68. The minimum Gasteiger partial charge on any atom is -0.330 e. The van der Waals surface area contributed by atoms with Crippen LogP contribution in [0, 0.1) is 6.92 Å². The Bertz CT molecular complexity index is 491. The van der Waals surface area contributed by atoms with E-state index in [0.29, 0.717) is 6.54 Å². The van der Waals surface area contributed by atoms with E-state index in [9.17, 15) is 0 Å². The van der Waals surface area contributed by atoms with Gasteiger partial charge in [-0.1, -0.05) is 17.7 Å². The second-order valence-corrected chi connectivity index (χ2v) is 4.20. The maximum Gasteiger partial charge on any atom is 0.0689 e. The van der Waals surface area contributed by atoms with Crippen LogP contribution < -0.4 is 5.73 Å². The van der Waals surface area contributed by atoms with E-state index in [0.717, 1.165) is 28.3 Å². The largest absolute Gasteiger partial charge is 0.330 e. The van der Waals surface area contributed by atoms with Gasteiger partial charge in [0.15, 0.2) is 0 Å². The third-order valence-electron chi connectivity index (χ3n) is 2.49. The molecule has 2 aromatic rings. The summed E-state index contributed by atoms with van der Waals surface area (Å²) in [5, 5.41) is 5.03. The highest BCUT2D eigenvalue weighted by Gasteiger charge is 2.04. The summed E-state index contributed by atoms with van der Waals surface area (Å²) in [4.78, 5) is 0. The quantitative estimate of drug-likeness (QED) is 0.888. The molecule has 3 nitrogen and oxygen atoms in total. The van der Waals surface area contributed by atoms with E-state index in [2.05, 4.69) is 5.10 Å². The molecule has 1 heterocycles. The smallest absolute Gasteiger partial charge is 0.0689 e. The zero-order valence-corrected chi connectivity index (χ0v) is 9.91. The van der Waals surface area contributed by atoms with Crippen molar-refractivity contribution in [3.63, 3.8) is 0 Å². The van der Waals surface area contributed by atoms with Gasteiger partial charge in [0.05, 0.1) is 11.9 Å². The average Bonchev–Trinajstić information content (AvgIpc) is 2.71. The Morgan fingerprint density at radius 3 is 3.00 bits per heavy atom. The monoisotopic (exact) mass is 235 g/mol. The van der Waals surface area contributed by atoms with Gasteiger partial charge >= 0.3 is 0 Å². The molecule has 0 bridgehead atoms. The van der Waals surface area contributed by atoms with Gasteiger partial charge in [0.1, 0.15) is 0 Å². The molecule has 0 unspecified atom stereocenters. The molecule has 0 spiro atoms. The lowest BCUT2D eigenvalue weighted by atomic mass is 10.2. The van der Waals surface area contributed by atoms with Gasteiger partial charge in [-0.2, -0.15) is 5.10 Å². The first kappa shape index (κ1) is 11.2. The van der Waals surface area contributed by atoms with Crippen LogP contribution >= 0.6 is 11.6 Å². The number of benzene rings is 1. The summed E-state index contributed by atoms with van der Waals surface area (Å²) in [6, 6.07) is 5.78. The second kappa shape index (κ2) is 4.68. The van der Waals surface area contributed by atoms with Gasteiger partial charge in [-0.25, -0.2) is 4.68 Å². The Kier molecular flexibility index (Phi) is 3.27. The van der Waals surface area contributed by atoms with E-state index in [1.165, 1.54) is 0 Å². The molecular formula is C12H14ClN3. The average molecular weight is 236 g/mol. The fourth-order valence-electron chi connectivity index (χ4n) is 1.62. The maximum absolute atomic E-state index is 5.97. The Labute approximate surface area is 99.8 Å². The molecule has 0 aliphatic carbocycles. The Hall–Kier alpha value is -1.32. The van der Waals surface area contributed by atoms with E-state index < -0.39 is 0 Å². The molecule has 1 aromatic heterocycles. The van der Waals surface area contributed by atoms with Crippen molar-refractivity contribution in [1.29, 1.82) is 0 Å². The number of hydrogen-bond acceptors (Lipinski definition) is 2. The SMILES string of the molecule is Cc1ccc(Cl)cc1-n1cc(CCN)cn1. The van der Waals surface area contributed by atoms with Crippen molar-refractivity contribution in [3.05, 3.63) is 46.7 Å². The van der Waals surface area contributed by atoms with E-state index in [1.807, 2.05) is 42.2 Å². The first-order valence-corrected chi connectivity index (χ1v) is 5.58. The van der Waals surface area contributed by atoms with Crippen LogP contribution in [0.25, 0.3) is 5.69 Å². The fourth-order valence-corrected chi connectivity index (χ4v) is 1.78. The molecule has 2 N–H and O–H groups in total. The van der Waals surface area contributed by atoms with Crippen molar-refractivity contribution in [1.82, 2.24) is 9.78 Å². The number of halogens is 1. The fraction of sp³-hybridized carbons (Fsp3) is 0.250. The molecule has 1 aromatic carbocycles. The third kappa shape index (κ3) is 2.26. The molecule has 4 heteroatoms. The van der Waals surface area contributed by atoms with Crippen molar-refractivity contribution in [2.45, 2.75) is 13.3 Å². The van der Waals surface area contributed by atoms with Gasteiger partial charge in [-0.15, -0.1) is 0 Å². The molecule has 0 saturated carbocycles. The topological polar surface area (TPSA) is 43.8 Å². The van der Waals surface area contributed by atoms with Gasteiger partial charge in [-0.05, 0) is 43.1 Å². The number of aromatic nitrogens is 2. The lowest BCUT2D eigenvalue weighted by Crippen LogP contribution is -2.01. The standard InChI is InChI=1S/C12H14ClN3/c1-9-2-3-11(13)6-12(9)16-8-10(4-5-14)7-15-16/h2-3,6-8H,4-5,14H2,1H3. The van der Waals surface area contributed by atoms with E-state index >= 15 is 0 Å². The van der Waals surface area contributed by atoms with Crippen LogP contribution in [0.1, 0.15) is 11.1 Å². The van der Waals surface area contributed by atoms with Crippen molar-refractivity contribution >= 4 is 11.6 Å². The first-order valence-electron chi connectivity index (χ1n) is 5.21. The van der Waals surface area contributed by atoms with Crippen LogP contribution in [-0.2, 0) is 6.42 Å². The highest BCUT2D eigenvalue weighted by molar-refractivity contribution is 6.30. The van der Waals surface area contributed by atoms with Crippen LogP contribution in [0.15, 0.2) is 30.6 Å². The minimum atomic E-state index is 0.639. The molecule has 0 fully saturated rings. The van der Waals surface area contributed by atoms with Gasteiger partial charge in [0.25, 0.3) is 0 Å². The number of nitrogens with zero attached hydrogens (tertiary/aromatic N) is 2. The number of hydrogen-bond donors (Lipinski definition) is 1. The molecule has 0 saturated heterocycles. The van der Waals surface area contributed by atoms with Crippen molar-refractivity contribution < 1.29 is 0 Å². The van der Waals surface area contributed by atoms with E-state index in [4.69, 9.17) is 17.3 Å². The molecule has 2 rings (SSSR count). The zero-order chi connectivity index (χ0) is 11.5. The summed E-state index contributed by atoms with van der Waals surface area (Å²) in [5.74, 6) is 0. The maximum atomic E-state index is 5.97. The molecule has 0 amide bonds. The number of nitrogens with two attached hydrogens (primary N) is 1. The summed E-state index contributed by atoms with van der Waals surface area (Å²) >= 11 is 5.97. The molecule has 0 aliphatic heterocycles. The summed E-state index contributed by atoms with van der Waals surface area (Å²) in [7, 11) is 0. The van der Waals surface area contributed by atoms with Crippen LogP contribution in [0.2, 0.25) is 5.02 Å². The zero-order valence-electron chi connectivity index (χ0n) is 9.15. The Balaban J connectivity index is 2.38. The van der Waals surface area contributed by atoms with Crippen LogP contribution in [-0.4, -0.2) is 16.3 Å². The summed E-state index contributed by atoms with van der Waals surface area (Å²) in [6.45, 7) is 2.68. The van der Waals surface area contributed by atoms with E-state index in [1.54, 1.807) is 0 Å². The Morgan fingerprint density at radius 1 is 1.44 bits per heavy atom. The molecule has 0 atom stereocenters. The molecule has 84 valence electrons. The highest BCUT2D eigenvalue weighted by atomic mass is 35.5. The summed E-state index contributed by atoms with van der Waals surface area (Å²) < 4.78 is 1.84. The van der Waals surface area contributed by atoms with Gasteiger partial charge in [0, 0.05) is 11.2 Å². The highest BCUT2D eigenvalue weighted by Crippen LogP contribution is 2.19. The predicted octanol–water partition coefficient (Wildman–Crippen LogP) is 2.34. The normalized spacial score (nSPS) is 10.7. The van der Waals surface area contributed by atoms with Gasteiger partial charge in [0.2, 0.25) is 0 Å². The van der Waals surface area contributed by atoms with Gasteiger partial charge in [-0.3, -0.25) is 0 Å². The van der Waals surface area contributed by atoms with Gasteiger partial charge < -0.3 is 5.73 Å². The Morgan fingerprint density at radius 2 is 2.25 bits per heavy atom. The third-order valence-corrected chi connectivity index (χ3v) is 2.72. The number of aryl methyl sites for hydroxylation is 1. The second-order valence-electron chi connectivity index (χ2n) is 3.76. The van der Waals surface area contributed by atoms with Crippen LogP contribution in [0.3, 0.4) is 0 Å². The van der Waals surface area contributed by atoms with Crippen molar-refractivity contribution in [2.75, 3.05) is 6.54 Å². The molecule has 16 heavy (non-hydrogen) atoms. The van der Waals surface area contributed by atoms with Crippen molar-refractivity contribution in [2.24, 2.45) is 5.73 Å². The summed E-state index contributed by atoms with van der Waals surface area (Å²) in [5.41, 5.74) is 8.80.